The third kappa shape index (κ3) is 2.95. The molecule has 6 heteroatoms. The van der Waals surface area contributed by atoms with E-state index in [4.69, 9.17) is 0 Å². The maximum absolute atomic E-state index is 11.9. The molecule has 3 aromatic rings. The van der Waals surface area contributed by atoms with Gasteiger partial charge in [-0.15, -0.1) is 11.3 Å². The zero-order valence-corrected chi connectivity index (χ0v) is 12.1. The van der Waals surface area contributed by atoms with Gasteiger partial charge in [-0.25, -0.2) is 10.4 Å². The summed E-state index contributed by atoms with van der Waals surface area (Å²) in [6.45, 7) is 1.82. The Hall–Kier alpha value is -2.60. The molecule has 2 aromatic heterocycles. The Morgan fingerprint density at radius 3 is 2.86 bits per heavy atom. The maximum Gasteiger partial charge on any atom is 0.272 e. The van der Waals surface area contributed by atoms with Crippen molar-refractivity contribution in [2.45, 2.75) is 6.92 Å². The molecule has 3 rings (SSSR count). The van der Waals surface area contributed by atoms with Gasteiger partial charge in [0.2, 0.25) is 0 Å². The Balaban J connectivity index is 1.78. The second-order valence-corrected chi connectivity index (χ2v) is 5.40. The van der Waals surface area contributed by atoms with Crippen LogP contribution >= 0.6 is 11.3 Å². The third-order valence-corrected chi connectivity index (χ3v) is 4.00. The number of benzene rings is 1. The van der Waals surface area contributed by atoms with Gasteiger partial charge in [-0.1, -0.05) is 12.1 Å². The molecule has 0 bridgehead atoms. The molecule has 0 atom stereocenters. The standard InChI is InChI=1S/C15H12N4OS/c1-10(15-17-12-6-2-3-7-13(12)21-15)18-19-14(20)11-5-4-8-16-9-11/h2-9H,1H3,(H,19,20)/b18-10-. The molecule has 2 heterocycles. The van der Waals surface area contributed by atoms with Crippen molar-refractivity contribution in [2.24, 2.45) is 5.10 Å². The van der Waals surface area contributed by atoms with Crippen LogP contribution in [0.3, 0.4) is 0 Å². The molecule has 5 nitrogen and oxygen atoms in total. The molecular formula is C15H12N4OS. The van der Waals surface area contributed by atoms with E-state index >= 15 is 0 Å². The fourth-order valence-corrected chi connectivity index (χ4v) is 2.68. The number of thiazole rings is 1. The zero-order valence-electron chi connectivity index (χ0n) is 11.3. The monoisotopic (exact) mass is 296 g/mol. The fraction of sp³-hybridized carbons (Fsp3) is 0.0667. The minimum atomic E-state index is -0.288. The topological polar surface area (TPSA) is 67.2 Å². The van der Waals surface area contributed by atoms with Crippen LogP contribution in [0.2, 0.25) is 0 Å². The van der Waals surface area contributed by atoms with Crippen molar-refractivity contribution in [2.75, 3.05) is 0 Å². The zero-order chi connectivity index (χ0) is 14.7. The molecule has 0 saturated carbocycles. The van der Waals surface area contributed by atoms with E-state index in [2.05, 4.69) is 20.5 Å². The number of nitrogens with one attached hydrogen (secondary N) is 1. The molecule has 0 unspecified atom stereocenters. The Labute approximate surface area is 125 Å². The Morgan fingerprint density at radius 2 is 2.10 bits per heavy atom. The smallest absolute Gasteiger partial charge is 0.267 e. The molecule has 0 saturated heterocycles. The summed E-state index contributed by atoms with van der Waals surface area (Å²) < 4.78 is 1.10. The van der Waals surface area contributed by atoms with Crippen LogP contribution in [-0.2, 0) is 0 Å². The molecule has 0 fully saturated rings. The summed E-state index contributed by atoms with van der Waals surface area (Å²) in [5, 5.41) is 4.90. The fourth-order valence-electron chi connectivity index (χ4n) is 1.77. The van der Waals surface area contributed by atoms with Gasteiger partial charge >= 0.3 is 0 Å². The SMILES string of the molecule is C/C(=N/NC(=O)c1cccnc1)c1nc2ccccc2s1. The van der Waals surface area contributed by atoms with Crippen LogP contribution in [0.15, 0.2) is 53.9 Å². The second kappa shape index (κ2) is 5.80. The molecular weight excluding hydrogens is 284 g/mol. The van der Waals surface area contributed by atoms with Crippen LogP contribution in [0.25, 0.3) is 10.2 Å². The van der Waals surface area contributed by atoms with Crippen LogP contribution in [0.5, 0.6) is 0 Å². The van der Waals surface area contributed by atoms with E-state index in [1.54, 1.807) is 29.7 Å². The predicted molar refractivity (Wildman–Crippen MR) is 83.5 cm³/mol. The van der Waals surface area contributed by atoms with E-state index in [-0.39, 0.29) is 5.91 Å². The number of hydrogen-bond donors (Lipinski definition) is 1. The largest absolute Gasteiger partial charge is 0.272 e. The van der Waals surface area contributed by atoms with Crippen LogP contribution in [0.4, 0.5) is 0 Å². The molecule has 0 radical (unpaired) electrons. The van der Waals surface area contributed by atoms with Gasteiger partial charge in [0.15, 0.2) is 0 Å². The molecule has 104 valence electrons. The number of para-hydroxylation sites is 1. The number of aromatic nitrogens is 2. The highest BCUT2D eigenvalue weighted by atomic mass is 32.1. The van der Waals surface area contributed by atoms with Crippen molar-refractivity contribution in [3.8, 4) is 0 Å². The van der Waals surface area contributed by atoms with Crippen molar-refractivity contribution in [3.05, 3.63) is 59.4 Å². The number of fused-ring (bicyclic) bond motifs is 1. The first-order valence-corrected chi connectivity index (χ1v) is 7.16. The van der Waals surface area contributed by atoms with Gasteiger partial charge in [0.05, 0.1) is 21.5 Å². The van der Waals surface area contributed by atoms with Gasteiger partial charge in [0, 0.05) is 12.4 Å². The van der Waals surface area contributed by atoms with E-state index in [0.717, 1.165) is 15.2 Å². The minimum absolute atomic E-state index is 0.288. The molecule has 1 aromatic carbocycles. The molecule has 1 amide bonds. The number of hydrogen-bond acceptors (Lipinski definition) is 5. The van der Waals surface area contributed by atoms with Crippen molar-refractivity contribution in [1.82, 2.24) is 15.4 Å². The molecule has 0 aliphatic heterocycles. The molecule has 1 N–H and O–H groups in total. The highest BCUT2D eigenvalue weighted by Gasteiger charge is 2.08. The lowest BCUT2D eigenvalue weighted by Gasteiger charge is -2.00. The number of amides is 1. The Kier molecular flexibility index (Phi) is 3.70. The van der Waals surface area contributed by atoms with Crippen LogP contribution in [0.1, 0.15) is 22.3 Å². The van der Waals surface area contributed by atoms with E-state index in [9.17, 15) is 4.79 Å². The van der Waals surface area contributed by atoms with Crippen molar-refractivity contribution in [1.29, 1.82) is 0 Å². The lowest BCUT2D eigenvalue weighted by atomic mass is 10.3. The third-order valence-electron chi connectivity index (χ3n) is 2.85. The lowest BCUT2D eigenvalue weighted by molar-refractivity contribution is 0.0954. The summed E-state index contributed by atoms with van der Waals surface area (Å²) in [7, 11) is 0. The molecule has 0 aliphatic rings. The number of hydrazone groups is 1. The number of rotatable bonds is 3. The normalized spacial score (nSPS) is 11.6. The highest BCUT2D eigenvalue weighted by molar-refractivity contribution is 7.20. The van der Waals surface area contributed by atoms with Crippen molar-refractivity contribution < 1.29 is 4.79 Å². The van der Waals surface area contributed by atoms with Gasteiger partial charge in [-0.3, -0.25) is 9.78 Å². The van der Waals surface area contributed by atoms with Gasteiger partial charge in [-0.2, -0.15) is 5.10 Å². The van der Waals surface area contributed by atoms with Crippen LogP contribution in [0, 0.1) is 0 Å². The summed E-state index contributed by atoms with van der Waals surface area (Å²) in [5.41, 5.74) is 4.60. The summed E-state index contributed by atoms with van der Waals surface area (Å²) >= 11 is 1.55. The van der Waals surface area contributed by atoms with Gasteiger partial charge in [-0.05, 0) is 31.2 Å². The van der Waals surface area contributed by atoms with E-state index in [1.165, 1.54) is 6.20 Å². The first kappa shape index (κ1) is 13.4. The molecule has 0 aliphatic carbocycles. The summed E-state index contributed by atoms with van der Waals surface area (Å²) in [6, 6.07) is 11.3. The number of carbonyl (C=O) groups is 1. The summed E-state index contributed by atoms with van der Waals surface area (Å²) in [4.78, 5) is 20.3. The van der Waals surface area contributed by atoms with E-state index in [0.29, 0.717) is 11.3 Å². The average Bonchev–Trinajstić information content (AvgIpc) is 2.97. The van der Waals surface area contributed by atoms with Gasteiger partial charge in [0.25, 0.3) is 5.91 Å². The van der Waals surface area contributed by atoms with E-state index in [1.807, 2.05) is 31.2 Å². The second-order valence-electron chi connectivity index (χ2n) is 4.37. The Bertz CT molecular complexity index is 778. The van der Waals surface area contributed by atoms with E-state index < -0.39 is 0 Å². The number of nitrogens with zero attached hydrogens (tertiary/aromatic N) is 3. The molecule has 0 spiro atoms. The predicted octanol–water partition coefficient (Wildman–Crippen LogP) is 2.85. The Morgan fingerprint density at radius 1 is 1.24 bits per heavy atom. The summed E-state index contributed by atoms with van der Waals surface area (Å²) in [6.07, 6.45) is 3.12. The molecule has 21 heavy (non-hydrogen) atoms. The number of pyridine rings is 1. The van der Waals surface area contributed by atoms with Crippen molar-refractivity contribution >= 4 is 33.2 Å². The van der Waals surface area contributed by atoms with Crippen LogP contribution < -0.4 is 5.43 Å². The van der Waals surface area contributed by atoms with Crippen molar-refractivity contribution in [3.63, 3.8) is 0 Å². The van der Waals surface area contributed by atoms with Gasteiger partial charge in [0.1, 0.15) is 5.01 Å². The first-order chi connectivity index (χ1) is 10.2. The minimum Gasteiger partial charge on any atom is -0.267 e. The quantitative estimate of drug-likeness (QED) is 0.597. The first-order valence-electron chi connectivity index (χ1n) is 6.34. The van der Waals surface area contributed by atoms with Crippen LogP contribution in [-0.4, -0.2) is 21.6 Å². The van der Waals surface area contributed by atoms with Gasteiger partial charge < -0.3 is 0 Å². The lowest BCUT2D eigenvalue weighted by Crippen LogP contribution is -2.19. The number of carbonyl (C=O) groups excluding carboxylic acids is 1. The maximum atomic E-state index is 11.9. The highest BCUT2D eigenvalue weighted by Crippen LogP contribution is 2.21. The summed E-state index contributed by atoms with van der Waals surface area (Å²) in [5.74, 6) is -0.288. The average molecular weight is 296 g/mol.